The van der Waals surface area contributed by atoms with E-state index in [4.69, 9.17) is 4.74 Å². The number of aromatic nitrogens is 2. The number of rotatable bonds is 5. The van der Waals surface area contributed by atoms with Gasteiger partial charge in [-0.25, -0.2) is 0 Å². The number of nitrogens with zero attached hydrogens (tertiary/aromatic N) is 1. The molecule has 0 unspecified atom stereocenters. The normalized spacial score (nSPS) is 13.5. The maximum absolute atomic E-state index is 12.6. The third-order valence-corrected chi connectivity index (χ3v) is 4.40. The van der Waals surface area contributed by atoms with Crippen LogP contribution in [0.1, 0.15) is 34.8 Å². The van der Waals surface area contributed by atoms with Crippen molar-refractivity contribution in [3.63, 3.8) is 0 Å². The summed E-state index contributed by atoms with van der Waals surface area (Å²) in [5.74, 6) is 1.07. The number of carbonyl (C=O) groups excluding carboxylic acids is 1. The second kappa shape index (κ2) is 6.43. The smallest absolute Gasteiger partial charge is 0.255 e. The molecular weight excluding hydrogens is 314 g/mol. The van der Waals surface area contributed by atoms with Crippen LogP contribution in [0.15, 0.2) is 54.6 Å². The molecule has 0 saturated heterocycles. The Labute approximate surface area is 146 Å². The second-order valence-corrected chi connectivity index (χ2v) is 6.19. The Bertz CT molecular complexity index is 898. The van der Waals surface area contributed by atoms with Crippen molar-refractivity contribution in [2.75, 3.05) is 12.4 Å². The highest BCUT2D eigenvalue weighted by Crippen LogP contribution is 2.45. The summed E-state index contributed by atoms with van der Waals surface area (Å²) in [6, 6.07) is 16.9. The zero-order valence-corrected chi connectivity index (χ0v) is 14.0. The number of amides is 1. The lowest BCUT2D eigenvalue weighted by Crippen LogP contribution is -2.13. The quantitative estimate of drug-likeness (QED) is 0.735. The van der Waals surface area contributed by atoms with Crippen molar-refractivity contribution in [2.45, 2.75) is 18.8 Å². The lowest BCUT2D eigenvalue weighted by molar-refractivity contribution is 0.102. The van der Waals surface area contributed by atoms with E-state index in [0.29, 0.717) is 11.5 Å². The van der Waals surface area contributed by atoms with Crippen molar-refractivity contribution in [2.24, 2.45) is 0 Å². The van der Waals surface area contributed by atoms with Gasteiger partial charge in [-0.05, 0) is 37.1 Å². The molecule has 1 aliphatic rings. The van der Waals surface area contributed by atoms with E-state index in [1.807, 2.05) is 42.5 Å². The summed E-state index contributed by atoms with van der Waals surface area (Å²) < 4.78 is 5.31. The van der Waals surface area contributed by atoms with E-state index in [0.717, 1.165) is 41.2 Å². The Hall–Kier alpha value is -3.08. The minimum atomic E-state index is -0.131. The van der Waals surface area contributed by atoms with Crippen LogP contribution in [0.25, 0.3) is 11.3 Å². The topological polar surface area (TPSA) is 67.0 Å². The molecule has 4 rings (SSSR count). The van der Waals surface area contributed by atoms with Gasteiger partial charge in [0.05, 0.1) is 18.5 Å². The van der Waals surface area contributed by atoms with Gasteiger partial charge in [0.15, 0.2) is 0 Å². The second-order valence-electron chi connectivity index (χ2n) is 6.19. The van der Waals surface area contributed by atoms with E-state index in [9.17, 15) is 4.79 Å². The highest BCUT2D eigenvalue weighted by Gasteiger charge is 2.31. The third kappa shape index (κ3) is 3.13. The molecule has 5 nitrogen and oxygen atoms in total. The van der Waals surface area contributed by atoms with Crippen molar-refractivity contribution in [3.8, 4) is 17.0 Å². The standard InChI is InChI=1S/C20H19N3O2/c1-25-16-9-5-8-15(12-16)18-19(17(22-23-18)13-10-11-13)21-20(24)14-6-3-2-4-7-14/h2-9,12-13H,10-11H2,1H3,(H,21,24)(H,22,23). The summed E-state index contributed by atoms with van der Waals surface area (Å²) in [4.78, 5) is 12.6. The number of anilines is 1. The molecule has 2 N–H and O–H groups in total. The number of ether oxygens (including phenoxy) is 1. The number of hydrogen-bond acceptors (Lipinski definition) is 3. The Morgan fingerprint density at radius 2 is 1.96 bits per heavy atom. The summed E-state index contributed by atoms with van der Waals surface area (Å²) in [6.07, 6.45) is 2.24. The molecule has 1 heterocycles. The summed E-state index contributed by atoms with van der Waals surface area (Å²) >= 11 is 0. The molecule has 25 heavy (non-hydrogen) atoms. The number of H-pyrrole nitrogens is 1. The van der Waals surface area contributed by atoms with Gasteiger partial charge in [-0.2, -0.15) is 5.10 Å². The van der Waals surface area contributed by atoms with Crippen LogP contribution in [0.4, 0.5) is 5.69 Å². The van der Waals surface area contributed by atoms with Gasteiger partial charge in [0.1, 0.15) is 11.4 Å². The number of hydrogen-bond donors (Lipinski definition) is 2. The van der Waals surface area contributed by atoms with E-state index < -0.39 is 0 Å². The molecule has 0 spiro atoms. The summed E-state index contributed by atoms with van der Waals surface area (Å²) in [5, 5.41) is 10.7. The number of nitrogens with one attached hydrogen (secondary N) is 2. The predicted octanol–water partition coefficient (Wildman–Crippen LogP) is 4.22. The van der Waals surface area contributed by atoms with Gasteiger partial charge in [-0.3, -0.25) is 9.89 Å². The van der Waals surface area contributed by atoms with Crippen molar-refractivity contribution in [3.05, 3.63) is 65.9 Å². The van der Waals surface area contributed by atoms with Crippen LogP contribution < -0.4 is 10.1 Å². The highest BCUT2D eigenvalue weighted by atomic mass is 16.5. The molecule has 1 saturated carbocycles. The van der Waals surface area contributed by atoms with Crippen LogP contribution in [0.2, 0.25) is 0 Å². The first kappa shape index (κ1) is 15.4. The number of methoxy groups -OCH3 is 1. The fourth-order valence-corrected chi connectivity index (χ4v) is 2.90. The third-order valence-electron chi connectivity index (χ3n) is 4.40. The van der Waals surface area contributed by atoms with Gasteiger partial charge >= 0.3 is 0 Å². The maximum Gasteiger partial charge on any atom is 0.255 e. The van der Waals surface area contributed by atoms with E-state index >= 15 is 0 Å². The van der Waals surface area contributed by atoms with Crippen molar-refractivity contribution < 1.29 is 9.53 Å². The van der Waals surface area contributed by atoms with Crippen LogP contribution in [0.5, 0.6) is 5.75 Å². The maximum atomic E-state index is 12.6. The van der Waals surface area contributed by atoms with Gasteiger partial charge in [0, 0.05) is 17.0 Å². The number of benzene rings is 2. The van der Waals surface area contributed by atoms with E-state index in [1.165, 1.54) is 0 Å². The molecule has 126 valence electrons. The van der Waals surface area contributed by atoms with Gasteiger partial charge in [-0.15, -0.1) is 0 Å². The molecule has 0 aliphatic heterocycles. The first-order chi connectivity index (χ1) is 12.3. The van der Waals surface area contributed by atoms with Crippen molar-refractivity contribution in [1.82, 2.24) is 10.2 Å². The zero-order chi connectivity index (χ0) is 17.2. The largest absolute Gasteiger partial charge is 0.497 e. The Kier molecular flexibility index (Phi) is 3.98. The van der Waals surface area contributed by atoms with Gasteiger partial charge in [0.2, 0.25) is 0 Å². The summed E-state index contributed by atoms with van der Waals surface area (Å²) in [6.45, 7) is 0. The van der Waals surface area contributed by atoms with Crippen molar-refractivity contribution >= 4 is 11.6 Å². The lowest BCUT2D eigenvalue weighted by atomic mass is 10.1. The lowest BCUT2D eigenvalue weighted by Gasteiger charge is -2.09. The Morgan fingerprint density at radius 1 is 1.16 bits per heavy atom. The molecule has 3 aromatic rings. The van der Waals surface area contributed by atoms with E-state index in [2.05, 4.69) is 15.5 Å². The fourth-order valence-electron chi connectivity index (χ4n) is 2.90. The van der Waals surface area contributed by atoms with Gasteiger partial charge in [0.25, 0.3) is 5.91 Å². The molecular formula is C20H19N3O2. The molecule has 5 heteroatoms. The predicted molar refractivity (Wildman–Crippen MR) is 96.9 cm³/mol. The monoisotopic (exact) mass is 333 g/mol. The first-order valence-corrected chi connectivity index (χ1v) is 8.35. The molecule has 1 amide bonds. The Balaban J connectivity index is 1.72. The summed E-state index contributed by atoms with van der Waals surface area (Å²) in [7, 11) is 1.64. The van der Waals surface area contributed by atoms with Crippen LogP contribution in [0.3, 0.4) is 0 Å². The SMILES string of the molecule is COc1cccc(-c2n[nH]c(C3CC3)c2NC(=O)c2ccccc2)c1. The molecule has 1 aliphatic carbocycles. The minimum Gasteiger partial charge on any atom is -0.497 e. The highest BCUT2D eigenvalue weighted by molar-refractivity contribution is 6.06. The van der Waals surface area contributed by atoms with Crippen LogP contribution >= 0.6 is 0 Å². The van der Waals surface area contributed by atoms with Gasteiger partial charge in [-0.1, -0.05) is 30.3 Å². The van der Waals surface area contributed by atoms with E-state index in [1.54, 1.807) is 19.2 Å². The van der Waals surface area contributed by atoms with Crippen molar-refractivity contribution in [1.29, 1.82) is 0 Å². The molecule has 0 atom stereocenters. The number of carbonyl (C=O) groups is 1. The van der Waals surface area contributed by atoms with Crippen LogP contribution in [-0.2, 0) is 0 Å². The molecule has 0 bridgehead atoms. The minimum absolute atomic E-state index is 0.131. The first-order valence-electron chi connectivity index (χ1n) is 8.35. The molecule has 2 aromatic carbocycles. The van der Waals surface area contributed by atoms with E-state index in [-0.39, 0.29) is 5.91 Å². The summed E-state index contributed by atoms with van der Waals surface area (Å²) in [5.41, 5.74) is 4.05. The van der Waals surface area contributed by atoms with Gasteiger partial charge < -0.3 is 10.1 Å². The van der Waals surface area contributed by atoms with Crippen LogP contribution in [0, 0.1) is 0 Å². The fraction of sp³-hybridized carbons (Fsp3) is 0.200. The average Bonchev–Trinajstić information content (AvgIpc) is 3.43. The zero-order valence-electron chi connectivity index (χ0n) is 14.0. The molecule has 0 radical (unpaired) electrons. The van der Waals surface area contributed by atoms with Crippen LogP contribution in [-0.4, -0.2) is 23.2 Å². The molecule has 1 aromatic heterocycles. The molecule has 1 fully saturated rings. The average molecular weight is 333 g/mol. The number of aromatic amines is 1. The Morgan fingerprint density at radius 3 is 2.68 bits per heavy atom.